The molecule has 0 saturated carbocycles. The number of aromatic nitrogens is 2. The van der Waals surface area contributed by atoms with Crippen molar-refractivity contribution >= 4 is 0 Å². The van der Waals surface area contributed by atoms with Crippen LogP contribution in [0.4, 0.5) is 0 Å². The van der Waals surface area contributed by atoms with Crippen LogP contribution in [-0.4, -0.2) is 46.2 Å². The van der Waals surface area contributed by atoms with E-state index in [0.717, 1.165) is 36.3 Å². The van der Waals surface area contributed by atoms with Crippen LogP contribution in [0.1, 0.15) is 46.7 Å². The third kappa shape index (κ3) is 7.34. The minimum atomic E-state index is -0.544. The van der Waals surface area contributed by atoms with Gasteiger partial charge in [0, 0.05) is 69.0 Å². The van der Waals surface area contributed by atoms with E-state index in [4.69, 9.17) is 11.7 Å². The van der Waals surface area contributed by atoms with E-state index in [0.29, 0.717) is 44.0 Å². The lowest BCUT2D eigenvalue weighted by atomic mass is 9.93. The molecule has 0 bridgehead atoms. The van der Waals surface area contributed by atoms with E-state index in [2.05, 4.69) is 56.1 Å². The quantitative estimate of drug-likeness (QED) is 0.289. The molecule has 0 spiro atoms. The van der Waals surface area contributed by atoms with Crippen LogP contribution in [0.5, 0.6) is 5.75 Å². The minimum Gasteiger partial charge on any atom is -0.502 e. The van der Waals surface area contributed by atoms with E-state index in [1.54, 1.807) is 0 Å². The molecule has 3 aromatic rings. The number of H-pyrrole nitrogens is 1. The zero-order valence-corrected chi connectivity index (χ0v) is 21.3. The molecular formula is C31H31N5O2. The SMILES string of the molecule is C#CCCNCC(Cc1nc[nH]c(=O)c1O)c1ccc(C#Cc2ccc(CN3CC(CC#N)C3)cc2)cc1. The molecule has 192 valence electrons. The molecule has 1 aliphatic rings. The number of nitrogens with zero attached hydrogens (tertiary/aromatic N) is 3. The molecule has 0 aliphatic carbocycles. The van der Waals surface area contributed by atoms with Crippen molar-refractivity contribution in [3.8, 4) is 36.0 Å². The molecule has 7 heteroatoms. The fraction of sp³-hybridized carbons (Fsp3) is 0.323. The maximum Gasteiger partial charge on any atom is 0.293 e. The lowest BCUT2D eigenvalue weighted by Crippen LogP contribution is -2.45. The van der Waals surface area contributed by atoms with E-state index in [1.165, 1.54) is 11.9 Å². The smallest absolute Gasteiger partial charge is 0.293 e. The Morgan fingerprint density at radius 3 is 2.47 bits per heavy atom. The highest BCUT2D eigenvalue weighted by atomic mass is 16.3. The van der Waals surface area contributed by atoms with Crippen LogP contribution < -0.4 is 10.9 Å². The topological polar surface area (TPSA) is 105 Å². The lowest BCUT2D eigenvalue weighted by molar-refractivity contribution is 0.0955. The van der Waals surface area contributed by atoms with Crippen molar-refractivity contribution in [1.82, 2.24) is 20.2 Å². The first-order valence-electron chi connectivity index (χ1n) is 12.8. The van der Waals surface area contributed by atoms with Crippen molar-refractivity contribution in [2.75, 3.05) is 26.2 Å². The average molecular weight is 506 g/mol. The van der Waals surface area contributed by atoms with Gasteiger partial charge in [-0.05, 0) is 41.3 Å². The molecule has 1 atom stereocenters. The zero-order valence-electron chi connectivity index (χ0n) is 21.3. The van der Waals surface area contributed by atoms with Crippen LogP contribution in [-0.2, 0) is 13.0 Å². The maximum atomic E-state index is 11.8. The number of hydrogen-bond acceptors (Lipinski definition) is 6. The van der Waals surface area contributed by atoms with Gasteiger partial charge in [0.25, 0.3) is 5.56 Å². The highest BCUT2D eigenvalue weighted by Gasteiger charge is 2.25. The molecule has 0 amide bonds. The summed E-state index contributed by atoms with van der Waals surface area (Å²) < 4.78 is 0. The number of likely N-dealkylation sites (tertiary alicyclic amines) is 1. The maximum absolute atomic E-state index is 11.8. The van der Waals surface area contributed by atoms with Crippen molar-refractivity contribution in [3.63, 3.8) is 0 Å². The number of nitriles is 1. The summed E-state index contributed by atoms with van der Waals surface area (Å²) in [6, 6.07) is 18.6. The predicted molar refractivity (Wildman–Crippen MR) is 147 cm³/mol. The van der Waals surface area contributed by atoms with Gasteiger partial charge in [0.05, 0.1) is 18.1 Å². The van der Waals surface area contributed by atoms with Gasteiger partial charge >= 0.3 is 0 Å². The Morgan fingerprint density at radius 1 is 1.13 bits per heavy atom. The first-order chi connectivity index (χ1) is 18.6. The van der Waals surface area contributed by atoms with Gasteiger partial charge in [-0.15, -0.1) is 12.3 Å². The molecule has 1 unspecified atom stereocenters. The molecule has 3 N–H and O–H groups in total. The summed E-state index contributed by atoms with van der Waals surface area (Å²) in [5, 5.41) is 22.3. The van der Waals surface area contributed by atoms with Crippen molar-refractivity contribution < 1.29 is 5.11 Å². The highest BCUT2D eigenvalue weighted by molar-refractivity contribution is 5.44. The number of nitrogens with one attached hydrogen (secondary N) is 2. The van der Waals surface area contributed by atoms with E-state index in [9.17, 15) is 9.90 Å². The Hall–Kier alpha value is -4.35. The van der Waals surface area contributed by atoms with Crippen LogP contribution in [0.2, 0.25) is 0 Å². The number of terminal acetylenes is 1. The largest absolute Gasteiger partial charge is 0.502 e. The van der Waals surface area contributed by atoms with Crippen molar-refractivity contribution in [2.45, 2.75) is 31.7 Å². The lowest BCUT2D eigenvalue weighted by Gasteiger charge is -2.38. The fourth-order valence-electron chi connectivity index (χ4n) is 4.56. The number of hydrogen-bond donors (Lipinski definition) is 3. The molecule has 0 radical (unpaired) electrons. The standard InChI is InChI=1S/C31H31N5O2/c1-2-3-16-33-18-28(17-29-30(37)31(38)35-22-34-29)27-12-10-24(11-13-27)5-4-23-6-8-25(9-7-23)19-36-20-26(21-36)14-15-32/h1,6-13,22,26,28,33,37H,3,14,16-21H2,(H,34,35,38). The Labute approximate surface area is 223 Å². The van der Waals surface area contributed by atoms with Crippen molar-refractivity contribution in [1.29, 1.82) is 5.26 Å². The highest BCUT2D eigenvalue weighted by Crippen LogP contribution is 2.23. The molecule has 38 heavy (non-hydrogen) atoms. The van der Waals surface area contributed by atoms with Crippen molar-refractivity contribution in [2.24, 2.45) is 5.92 Å². The van der Waals surface area contributed by atoms with Crippen LogP contribution in [0.25, 0.3) is 0 Å². The van der Waals surface area contributed by atoms with Crippen LogP contribution >= 0.6 is 0 Å². The Balaban J connectivity index is 1.39. The van der Waals surface area contributed by atoms with Gasteiger partial charge in [-0.25, -0.2) is 4.98 Å². The van der Waals surface area contributed by atoms with Crippen molar-refractivity contribution in [3.05, 3.63) is 93.2 Å². The Bertz CT molecular complexity index is 1410. The van der Waals surface area contributed by atoms with E-state index >= 15 is 0 Å². The second-order valence-electron chi connectivity index (χ2n) is 9.58. The number of rotatable bonds is 10. The minimum absolute atomic E-state index is 0.0101. The first kappa shape index (κ1) is 26.7. The fourth-order valence-corrected chi connectivity index (χ4v) is 4.56. The molecule has 7 nitrogen and oxygen atoms in total. The number of aromatic amines is 1. The summed E-state index contributed by atoms with van der Waals surface area (Å²) in [7, 11) is 0. The molecule has 1 aromatic heterocycles. The van der Waals surface area contributed by atoms with Crippen LogP contribution in [0.15, 0.2) is 59.7 Å². The van der Waals surface area contributed by atoms with Gasteiger partial charge in [0.1, 0.15) is 0 Å². The van der Waals surface area contributed by atoms with Gasteiger partial charge in [-0.3, -0.25) is 9.69 Å². The number of aromatic hydroxyl groups is 1. The second-order valence-corrected chi connectivity index (χ2v) is 9.58. The van der Waals surface area contributed by atoms with Gasteiger partial charge in [-0.2, -0.15) is 5.26 Å². The molecule has 1 saturated heterocycles. The third-order valence-corrected chi connectivity index (χ3v) is 6.69. The van der Waals surface area contributed by atoms with Gasteiger partial charge in [0.15, 0.2) is 0 Å². The molecule has 2 aromatic carbocycles. The summed E-state index contributed by atoms with van der Waals surface area (Å²) >= 11 is 0. The summed E-state index contributed by atoms with van der Waals surface area (Å²) in [5.41, 5.74) is 3.97. The van der Waals surface area contributed by atoms with E-state index in [-0.39, 0.29) is 11.7 Å². The van der Waals surface area contributed by atoms with Gasteiger partial charge < -0.3 is 15.4 Å². The average Bonchev–Trinajstić information content (AvgIpc) is 2.91. The number of benzene rings is 2. The molecule has 1 fully saturated rings. The molecule has 1 aliphatic heterocycles. The summed E-state index contributed by atoms with van der Waals surface area (Å²) in [5.74, 6) is 9.24. The van der Waals surface area contributed by atoms with E-state index < -0.39 is 5.56 Å². The first-order valence-corrected chi connectivity index (χ1v) is 12.8. The Kier molecular flexibility index (Phi) is 9.32. The molecule has 4 rings (SSSR count). The normalized spacial score (nSPS) is 13.9. The van der Waals surface area contributed by atoms with E-state index in [1.807, 2.05) is 36.4 Å². The summed E-state index contributed by atoms with van der Waals surface area (Å²) in [4.78, 5) is 20.7. The second kappa shape index (κ2) is 13.3. The monoisotopic (exact) mass is 505 g/mol. The third-order valence-electron chi connectivity index (χ3n) is 6.69. The van der Waals surface area contributed by atoms with Gasteiger partial charge in [-0.1, -0.05) is 36.1 Å². The predicted octanol–water partition coefficient (Wildman–Crippen LogP) is 3.16. The van der Waals surface area contributed by atoms with Crippen LogP contribution in [0.3, 0.4) is 0 Å². The van der Waals surface area contributed by atoms with Crippen LogP contribution in [0, 0.1) is 41.4 Å². The zero-order chi connectivity index (χ0) is 26.7. The summed E-state index contributed by atoms with van der Waals surface area (Å²) in [6.45, 7) is 4.20. The molecular weight excluding hydrogens is 474 g/mol. The summed E-state index contributed by atoms with van der Waals surface area (Å²) in [6.07, 6.45) is 8.34. The molecule has 2 heterocycles. The van der Waals surface area contributed by atoms with Gasteiger partial charge in [0.2, 0.25) is 5.75 Å². The Morgan fingerprint density at radius 2 is 1.82 bits per heavy atom.